The summed E-state index contributed by atoms with van der Waals surface area (Å²) in [4.78, 5) is 0. The first-order valence-electron chi connectivity index (χ1n) is 11.6. The van der Waals surface area contributed by atoms with E-state index in [1.54, 1.807) is 0 Å². The maximum absolute atomic E-state index is 6.20. The van der Waals surface area contributed by atoms with E-state index in [9.17, 15) is 0 Å². The summed E-state index contributed by atoms with van der Waals surface area (Å²) in [5, 5.41) is 21.7. The highest BCUT2D eigenvalue weighted by Crippen LogP contribution is 2.38. The van der Waals surface area contributed by atoms with Gasteiger partial charge in [-0.25, -0.2) is 0 Å². The number of allylic oxidation sites excluding steroid dienone is 2. The Kier molecular flexibility index (Phi) is 15.5. The number of epoxide rings is 1. The highest BCUT2D eigenvalue weighted by molar-refractivity contribution is 6.31. The van der Waals surface area contributed by atoms with Crippen LogP contribution in [0.4, 0.5) is 0 Å². The van der Waals surface area contributed by atoms with E-state index >= 15 is 0 Å². The topological polar surface area (TPSA) is 89.9 Å². The van der Waals surface area contributed by atoms with Gasteiger partial charge in [0.1, 0.15) is 0 Å². The standard InChI is InChI=1S/C16H22Cl2N2O.C6H12.C2Cl2N4/c1-4-10(3)6-12(14-9-21-14)7-11(5-2)13-8-15(17)19-20-16(13)18;1-4-6(3)5-2;3-1-5-7-2(4)8-6-1/h4,8,10-12,14H,1,5-7,9H2,2-3H3;4,6H,1,5H2,2-3H3;. The average Bonchev–Trinajstić information content (AvgIpc) is 3.71. The lowest BCUT2D eigenvalue weighted by Gasteiger charge is -2.23. The molecule has 3 rings (SSSR count). The van der Waals surface area contributed by atoms with E-state index in [2.05, 4.69) is 71.4 Å². The van der Waals surface area contributed by atoms with E-state index in [1.165, 1.54) is 6.42 Å². The molecular weight excluding hydrogens is 530 g/mol. The lowest BCUT2D eigenvalue weighted by molar-refractivity contribution is 0.272. The Hall–Kier alpha value is -1.38. The van der Waals surface area contributed by atoms with Crippen LogP contribution in [0.1, 0.15) is 64.9 Å². The SMILES string of the molecule is C=CC(C)CC.C=CC(C)CC(CC(CC)c1cc(Cl)nnc1Cl)C1CO1.Clc1nnc(Cl)nn1. The lowest BCUT2D eigenvalue weighted by atomic mass is 9.82. The fraction of sp³-hybridized carbons (Fsp3) is 0.583. The molecule has 5 unspecified atom stereocenters. The fourth-order valence-corrected chi connectivity index (χ4v) is 3.76. The van der Waals surface area contributed by atoms with Gasteiger partial charge in [0, 0.05) is 0 Å². The van der Waals surface area contributed by atoms with Crippen molar-refractivity contribution in [1.82, 2.24) is 30.6 Å². The number of nitrogens with zero attached hydrogens (tertiary/aromatic N) is 6. The zero-order chi connectivity index (χ0) is 26.4. The summed E-state index contributed by atoms with van der Waals surface area (Å²) < 4.78 is 5.53. The average molecular weight is 564 g/mol. The number of hydrogen-bond acceptors (Lipinski definition) is 7. The van der Waals surface area contributed by atoms with Crippen molar-refractivity contribution in [2.24, 2.45) is 17.8 Å². The van der Waals surface area contributed by atoms with Crippen molar-refractivity contribution >= 4 is 46.4 Å². The minimum absolute atomic E-state index is 0.00519. The van der Waals surface area contributed by atoms with Gasteiger partial charge in [0.05, 0.1) is 12.7 Å². The molecule has 0 saturated carbocycles. The van der Waals surface area contributed by atoms with Crippen molar-refractivity contribution in [1.29, 1.82) is 0 Å². The largest absolute Gasteiger partial charge is 0.373 e. The zero-order valence-electron chi connectivity index (χ0n) is 20.7. The monoisotopic (exact) mass is 562 g/mol. The Bertz CT molecular complexity index is 877. The van der Waals surface area contributed by atoms with Crippen LogP contribution in [0.2, 0.25) is 20.9 Å². The third-order valence-corrected chi connectivity index (χ3v) is 6.49. The van der Waals surface area contributed by atoms with Gasteiger partial charge in [-0.3, -0.25) is 0 Å². The number of rotatable bonds is 10. The van der Waals surface area contributed by atoms with Gasteiger partial charge in [-0.05, 0) is 77.8 Å². The second kappa shape index (κ2) is 17.1. The zero-order valence-corrected chi connectivity index (χ0v) is 23.7. The van der Waals surface area contributed by atoms with E-state index in [0.717, 1.165) is 31.4 Å². The van der Waals surface area contributed by atoms with Crippen LogP contribution < -0.4 is 0 Å². The van der Waals surface area contributed by atoms with Gasteiger partial charge in [0.25, 0.3) is 10.6 Å². The quantitative estimate of drug-likeness (QED) is 0.216. The summed E-state index contributed by atoms with van der Waals surface area (Å²) in [6.07, 6.45) is 8.69. The molecule has 5 atom stereocenters. The molecule has 0 spiro atoms. The molecule has 35 heavy (non-hydrogen) atoms. The van der Waals surface area contributed by atoms with E-state index in [-0.39, 0.29) is 10.6 Å². The normalized spacial score (nSPS) is 17.4. The molecule has 3 heterocycles. The molecule has 0 amide bonds. The van der Waals surface area contributed by atoms with Gasteiger partial charge in [-0.15, -0.1) is 43.7 Å². The molecule has 0 N–H and O–H groups in total. The molecule has 194 valence electrons. The van der Waals surface area contributed by atoms with E-state index in [1.807, 2.05) is 18.2 Å². The second-order valence-electron chi connectivity index (χ2n) is 8.39. The summed E-state index contributed by atoms with van der Waals surface area (Å²) in [7, 11) is 0. The first-order chi connectivity index (χ1) is 16.6. The van der Waals surface area contributed by atoms with Gasteiger partial charge >= 0.3 is 0 Å². The molecule has 0 aliphatic carbocycles. The van der Waals surface area contributed by atoms with Crippen LogP contribution in [-0.4, -0.2) is 43.3 Å². The first-order valence-corrected chi connectivity index (χ1v) is 13.1. The van der Waals surface area contributed by atoms with Gasteiger partial charge < -0.3 is 4.74 Å². The molecule has 1 aliphatic heterocycles. The summed E-state index contributed by atoms with van der Waals surface area (Å²) in [6, 6.07) is 1.84. The highest BCUT2D eigenvalue weighted by Gasteiger charge is 2.35. The molecule has 1 aliphatic rings. The van der Waals surface area contributed by atoms with Crippen LogP contribution in [-0.2, 0) is 4.74 Å². The maximum atomic E-state index is 6.20. The van der Waals surface area contributed by atoms with Crippen LogP contribution in [0.25, 0.3) is 0 Å². The summed E-state index contributed by atoms with van der Waals surface area (Å²) >= 11 is 22.6. The molecule has 11 heteroatoms. The molecule has 0 radical (unpaired) electrons. The Labute approximate surface area is 228 Å². The van der Waals surface area contributed by atoms with Crippen LogP contribution in [0.5, 0.6) is 0 Å². The minimum atomic E-state index is -0.00519. The third kappa shape index (κ3) is 12.9. The molecular formula is C24H34Cl4N6O. The van der Waals surface area contributed by atoms with Crippen molar-refractivity contribution in [3.63, 3.8) is 0 Å². The van der Waals surface area contributed by atoms with Crippen molar-refractivity contribution < 1.29 is 4.74 Å². The number of halogens is 4. The smallest absolute Gasteiger partial charge is 0.263 e. The van der Waals surface area contributed by atoms with Crippen molar-refractivity contribution in [3.05, 3.63) is 57.8 Å². The van der Waals surface area contributed by atoms with Gasteiger partial charge in [0.2, 0.25) is 0 Å². The number of hydrogen-bond donors (Lipinski definition) is 0. The summed E-state index contributed by atoms with van der Waals surface area (Å²) in [5.41, 5.74) is 0.996. The van der Waals surface area contributed by atoms with Gasteiger partial charge in [-0.2, -0.15) is 0 Å². The summed E-state index contributed by atoms with van der Waals surface area (Å²) in [6.45, 7) is 17.1. The molecule has 7 nitrogen and oxygen atoms in total. The summed E-state index contributed by atoms with van der Waals surface area (Å²) in [5.74, 6) is 2.04. The lowest BCUT2D eigenvalue weighted by Crippen LogP contribution is -2.16. The molecule has 0 aromatic carbocycles. The van der Waals surface area contributed by atoms with Crippen molar-refractivity contribution in [3.8, 4) is 0 Å². The van der Waals surface area contributed by atoms with Crippen molar-refractivity contribution in [2.45, 2.75) is 65.4 Å². The molecule has 0 bridgehead atoms. The van der Waals surface area contributed by atoms with Gasteiger partial charge in [-0.1, -0.05) is 69.5 Å². The van der Waals surface area contributed by atoms with E-state index < -0.39 is 0 Å². The molecule has 1 fully saturated rings. The minimum Gasteiger partial charge on any atom is -0.373 e. The Morgan fingerprint density at radius 3 is 1.83 bits per heavy atom. The Balaban J connectivity index is 0.000000357. The Morgan fingerprint density at radius 2 is 1.43 bits per heavy atom. The predicted molar refractivity (Wildman–Crippen MR) is 144 cm³/mol. The van der Waals surface area contributed by atoms with Crippen molar-refractivity contribution in [2.75, 3.05) is 6.61 Å². The third-order valence-electron chi connectivity index (χ3n) is 5.70. The second-order valence-corrected chi connectivity index (χ2v) is 9.82. The Morgan fingerprint density at radius 1 is 0.886 bits per heavy atom. The molecule has 2 aromatic heterocycles. The van der Waals surface area contributed by atoms with Crippen LogP contribution in [0, 0.1) is 17.8 Å². The number of aromatic nitrogens is 6. The highest BCUT2D eigenvalue weighted by atomic mass is 35.5. The first kappa shape index (κ1) is 31.6. The maximum Gasteiger partial charge on any atom is 0.263 e. The molecule has 2 aromatic rings. The van der Waals surface area contributed by atoms with Crippen LogP contribution in [0.3, 0.4) is 0 Å². The molecule has 1 saturated heterocycles. The van der Waals surface area contributed by atoms with Crippen LogP contribution in [0.15, 0.2) is 31.4 Å². The van der Waals surface area contributed by atoms with E-state index in [0.29, 0.717) is 40.1 Å². The fourth-order valence-electron chi connectivity index (χ4n) is 3.20. The van der Waals surface area contributed by atoms with Gasteiger partial charge in [0.15, 0.2) is 10.3 Å². The number of ether oxygens (including phenoxy) is 1. The van der Waals surface area contributed by atoms with E-state index in [4.69, 9.17) is 51.1 Å². The predicted octanol–water partition coefficient (Wildman–Crippen LogP) is 7.69. The van der Waals surface area contributed by atoms with Crippen LogP contribution >= 0.6 is 46.4 Å².